The maximum Gasteiger partial charge on any atom is 0.136 e. The van der Waals surface area contributed by atoms with Crippen molar-refractivity contribution in [1.29, 1.82) is 0 Å². The molecule has 0 spiro atoms. The van der Waals surface area contributed by atoms with E-state index in [4.69, 9.17) is 22.2 Å². The molecule has 244 valence electrons. The van der Waals surface area contributed by atoms with Crippen LogP contribution in [0.25, 0.3) is 76.9 Å². The van der Waals surface area contributed by atoms with Crippen LogP contribution < -0.4 is 4.90 Å². The quantitative estimate of drug-likeness (QED) is 0.173. The average Bonchev–Trinajstić information content (AvgIpc) is 3.78. The summed E-state index contributed by atoms with van der Waals surface area (Å²) in [6.07, 6.45) is 0. The first-order chi connectivity index (χ1) is 34.1. The molecule has 0 fully saturated rings. The fourth-order valence-electron chi connectivity index (χ4n) is 6.24. The summed E-state index contributed by atoms with van der Waals surface area (Å²) in [5.41, 5.74) is -0.180. The van der Waals surface area contributed by atoms with Crippen molar-refractivity contribution in [3.63, 3.8) is 0 Å². The Morgan fingerprint density at radius 3 is 1.94 bits per heavy atom. The van der Waals surface area contributed by atoms with Crippen molar-refractivity contribution in [2.75, 3.05) is 4.90 Å². The Morgan fingerprint density at radius 2 is 1.08 bits per heavy atom. The molecule has 10 rings (SSSR count). The molecule has 1 aromatic heterocycles. The third-order valence-electron chi connectivity index (χ3n) is 8.68. The summed E-state index contributed by atoms with van der Waals surface area (Å²) < 4.78 is 184. The number of fused-ring (bicyclic) bond motifs is 6. The Morgan fingerprint density at radius 1 is 0.404 bits per heavy atom. The van der Waals surface area contributed by atoms with Crippen molar-refractivity contribution in [2.24, 2.45) is 0 Å². The first-order valence-corrected chi connectivity index (χ1v) is 16.1. The lowest BCUT2D eigenvalue weighted by Crippen LogP contribution is -2.11. The number of nitrogens with zero attached hydrogens (tertiary/aromatic N) is 1. The topological polar surface area (TPSA) is 16.4 Å². The number of hydrogen-bond donors (Lipinski definition) is 0. The molecule has 10 aromatic rings. The molecule has 2 nitrogen and oxygen atoms in total. The Balaban J connectivity index is 1.22. The minimum Gasteiger partial charge on any atom is -0.456 e. The molecule has 0 aliphatic carbocycles. The zero-order valence-corrected chi connectivity index (χ0v) is 26.9. The van der Waals surface area contributed by atoms with Gasteiger partial charge in [0.2, 0.25) is 0 Å². The Labute approximate surface area is 330 Å². The zero-order chi connectivity index (χ0) is 51.8. The molecule has 0 amide bonds. The van der Waals surface area contributed by atoms with Crippen LogP contribution in [0.3, 0.4) is 0 Å². The highest BCUT2D eigenvalue weighted by Gasteiger charge is 2.18. The number of furan rings is 1. The molecule has 2 heteroatoms. The van der Waals surface area contributed by atoms with E-state index >= 15 is 0 Å². The Bertz CT molecular complexity index is 4010. The van der Waals surface area contributed by atoms with Crippen molar-refractivity contribution in [1.82, 2.24) is 0 Å². The first kappa shape index (κ1) is 16.0. The van der Waals surface area contributed by atoms with Gasteiger partial charge in [-0.3, -0.25) is 0 Å². The molecule has 52 heavy (non-hydrogen) atoms. The van der Waals surface area contributed by atoms with Crippen molar-refractivity contribution < 1.29 is 31.8 Å². The van der Waals surface area contributed by atoms with Gasteiger partial charge in [0.15, 0.2) is 0 Å². The highest BCUT2D eigenvalue weighted by Crippen LogP contribution is 2.42. The number of para-hydroxylation sites is 2. The van der Waals surface area contributed by atoms with Crippen molar-refractivity contribution in [3.05, 3.63) is 200 Å². The highest BCUT2D eigenvalue weighted by atomic mass is 16.3. The Kier molecular flexibility index (Phi) is 3.83. The van der Waals surface area contributed by atoms with E-state index in [9.17, 15) is 9.60 Å². The minimum atomic E-state index is -0.765. The summed E-state index contributed by atoms with van der Waals surface area (Å²) in [6, 6.07) is 9.67. The lowest BCUT2D eigenvalue weighted by atomic mass is 9.97. The van der Waals surface area contributed by atoms with Crippen LogP contribution in [0, 0.1) is 0 Å². The maximum absolute atomic E-state index is 9.64. The van der Waals surface area contributed by atoms with E-state index in [0.717, 1.165) is 0 Å². The van der Waals surface area contributed by atoms with E-state index < -0.39 is 137 Å². The van der Waals surface area contributed by atoms with Crippen LogP contribution in [-0.4, -0.2) is 0 Å². The fourth-order valence-corrected chi connectivity index (χ4v) is 6.24. The van der Waals surface area contributed by atoms with Gasteiger partial charge in [0.25, 0.3) is 0 Å². The molecular weight excluding hydrogens is 631 g/mol. The van der Waals surface area contributed by atoms with Gasteiger partial charge in [0.1, 0.15) is 11.2 Å². The third kappa shape index (κ3) is 5.21. The van der Waals surface area contributed by atoms with Gasteiger partial charge in [0.05, 0.1) is 33.1 Å². The van der Waals surface area contributed by atoms with E-state index in [-0.39, 0.29) is 60.6 Å². The Hall–Kier alpha value is -6.90. The molecule has 0 aliphatic heterocycles. The molecule has 0 bridgehead atoms. The molecule has 0 atom stereocenters. The van der Waals surface area contributed by atoms with Crippen LogP contribution in [0.15, 0.2) is 204 Å². The van der Waals surface area contributed by atoms with E-state index in [1.165, 1.54) is 29.2 Å². The normalized spacial score (nSPS) is 16.8. The van der Waals surface area contributed by atoms with Crippen LogP contribution in [-0.2, 0) is 0 Å². The van der Waals surface area contributed by atoms with Crippen LogP contribution >= 0.6 is 0 Å². The molecular formula is C50H33NO. The lowest BCUT2D eigenvalue weighted by molar-refractivity contribution is 0.669. The van der Waals surface area contributed by atoms with Gasteiger partial charge in [-0.15, -0.1) is 0 Å². The SMILES string of the molecule is [2H]c1c([2H])c(N(c2ccc(-c3c([2H])c([2H])c4c([2H])c([2H])c([2H])c([2H])c4c3[2H])cc2)c2ccccc2-c2ccccc2)c([2H])c([2H])c1-c1c([2H])c([2H])c2c(c1[2H])c([2H])c([2H])c1oc3c([2H])c([2H])c([2H])c([2H])c3c12. The van der Waals surface area contributed by atoms with Crippen molar-refractivity contribution >= 4 is 60.5 Å². The molecule has 0 saturated heterocycles. The second-order valence-corrected chi connectivity index (χ2v) is 11.7. The van der Waals surface area contributed by atoms with Crippen molar-refractivity contribution in [3.8, 4) is 33.4 Å². The van der Waals surface area contributed by atoms with Gasteiger partial charge in [-0.2, -0.15) is 0 Å². The molecule has 0 saturated carbocycles. The van der Waals surface area contributed by atoms with E-state index in [1.54, 1.807) is 24.3 Å². The summed E-state index contributed by atoms with van der Waals surface area (Å²) in [5.74, 6) is 0. The maximum atomic E-state index is 9.64. The van der Waals surface area contributed by atoms with Gasteiger partial charge in [-0.1, -0.05) is 145 Å². The van der Waals surface area contributed by atoms with E-state index in [0.29, 0.717) is 16.8 Å². The van der Waals surface area contributed by atoms with Crippen LogP contribution in [0.2, 0.25) is 0 Å². The summed E-state index contributed by atoms with van der Waals surface area (Å²) in [4.78, 5) is 1.46. The van der Waals surface area contributed by atoms with Gasteiger partial charge in [-0.25, -0.2) is 0 Å². The molecule has 0 radical (unpaired) electrons. The van der Waals surface area contributed by atoms with Gasteiger partial charge >= 0.3 is 0 Å². The zero-order valence-electron chi connectivity index (χ0n) is 46.9. The van der Waals surface area contributed by atoms with E-state index in [2.05, 4.69) is 0 Å². The molecule has 0 N–H and O–H groups in total. The van der Waals surface area contributed by atoms with Crippen LogP contribution in [0.5, 0.6) is 0 Å². The number of rotatable bonds is 6. The van der Waals surface area contributed by atoms with Gasteiger partial charge in [0, 0.05) is 27.7 Å². The van der Waals surface area contributed by atoms with Gasteiger partial charge < -0.3 is 9.32 Å². The predicted molar refractivity (Wildman–Crippen MR) is 220 cm³/mol. The van der Waals surface area contributed by atoms with E-state index in [1.807, 2.05) is 30.3 Å². The molecule has 1 heterocycles. The molecule has 0 unspecified atom stereocenters. The lowest BCUT2D eigenvalue weighted by Gasteiger charge is -2.28. The van der Waals surface area contributed by atoms with Crippen LogP contribution in [0.1, 0.15) is 27.4 Å². The number of hydrogen-bond acceptors (Lipinski definition) is 2. The minimum absolute atomic E-state index is 0.102. The summed E-state index contributed by atoms with van der Waals surface area (Å²) in [5, 5.41) is -1.68. The second kappa shape index (κ2) is 12.5. The summed E-state index contributed by atoms with van der Waals surface area (Å²) in [6.45, 7) is 0. The van der Waals surface area contributed by atoms with Crippen molar-refractivity contribution in [2.45, 2.75) is 0 Å². The summed E-state index contributed by atoms with van der Waals surface area (Å²) >= 11 is 0. The molecule has 9 aromatic carbocycles. The predicted octanol–water partition coefficient (Wildman–Crippen LogP) is 14.4. The molecule has 0 aliphatic rings. The average molecular weight is 684 g/mol. The van der Waals surface area contributed by atoms with Gasteiger partial charge in [-0.05, 0) is 104 Å². The van der Waals surface area contributed by atoms with Crippen LogP contribution in [0.4, 0.5) is 17.1 Å². The third-order valence-corrected chi connectivity index (χ3v) is 8.68. The summed E-state index contributed by atoms with van der Waals surface area (Å²) in [7, 11) is 0. The fraction of sp³-hybridized carbons (Fsp3) is 0. The smallest absolute Gasteiger partial charge is 0.136 e. The number of anilines is 3. The first-order valence-electron chi connectivity index (χ1n) is 26.1. The standard InChI is InChI=1S/C50H33NO/c1-2-11-37(12-3-1)44-14-6-8-16-47(44)51(42-26-20-35(21-27-42)39-19-18-34-10-4-5-13-38(34)32-39)43-28-22-36(23-29-43)40-24-30-45-41(33-40)25-31-49-50(45)46-15-7-9-17-48(46)52-49/h1-33H/i4D,5D,7D,9D,10D,13D,15D,17D,18D,19D,22D,23D,24D,25D,28D,29D,30D,31D,32D,33D. The number of benzene rings is 9. The monoisotopic (exact) mass is 683 g/mol. The largest absolute Gasteiger partial charge is 0.456 e. The second-order valence-electron chi connectivity index (χ2n) is 11.7. The highest BCUT2D eigenvalue weighted by molar-refractivity contribution is 6.19.